The molecule has 200 valence electrons. The molecule has 2 amide bonds. The van der Waals surface area contributed by atoms with E-state index in [1.807, 2.05) is 53.1 Å². The third kappa shape index (κ3) is 7.17. The number of hydrogen-bond donors (Lipinski definition) is 0. The van der Waals surface area contributed by atoms with E-state index in [0.29, 0.717) is 43.3 Å². The predicted molar refractivity (Wildman–Crippen MR) is 143 cm³/mol. The minimum absolute atomic E-state index is 0.0336. The maximum Gasteiger partial charge on any atom is 0.225 e. The van der Waals surface area contributed by atoms with Gasteiger partial charge in [-0.2, -0.15) is 0 Å². The van der Waals surface area contributed by atoms with Gasteiger partial charge in [0, 0.05) is 31.1 Å². The van der Waals surface area contributed by atoms with Crippen molar-refractivity contribution in [3.63, 3.8) is 0 Å². The number of methoxy groups -OCH3 is 1. The molecule has 0 saturated carbocycles. The number of para-hydroxylation sites is 1. The van der Waals surface area contributed by atoms with Crippen molar-refractivity contribution in [2.75, 3.05) is 46.5 Å². The van der Waals surface area contributed by atoms with Crippen LogP contribution in [-0.2, 0) is 20.7 Å². The average molecular weight is 529 g/mol. The van der Waals surface area contributed by atoms with Gasteiger partial charge in [0.15, 0.2) is 0 Å². The fraction of sp³-hybridized carbons (Fsp3) is 0.517. The van der Waals surface area contributed by atoms with E-state index >= 15 is 0 Å². The summed E-state index contributed by atoms with van der Waals surface area (Å²) in [5.41, 5.74) is 0.996. The monoisotopic (exact) mass is 528 g/mol. The van der Waals surface area contributed by atoms with E-state index in [-0.39, 0.29) is 24.8 Å². The van der Waals surface area contributed by atoms with E-state index < -0.39 is 5.60 Å². The Hall–Kier alpha value is -2.77. The van der Waals surface area contributed by atoms with Crippen molar-refractivity contribution in [2.24, 2.45) is 0 Å². The molecule has 1 atom stereocenters. The number of hydrogen-bond acceptors (Lipinski definition) is 5. The number of amides is 2. The number of carbonyl (C=O) groups is 2. The normalized spacial score (nSPS) is 20.0. The van der Waals surface area contributed by atoms with E-state index in [0.717, 1.165) is 49.2 Å². The van der Waals surface area contributed by atoms with Crippen LogP contribution in [0.15, 0.2) is 42.5 Å². The van der Waals surface area contributed by atoms with Crippen LogP contribution in [0.2, 0.25) is 5.02 Å². The second kappa shape index (κ2) is 12.7. The molecule has 7 nitrogen and oxygen atoms in total. The lowest BCUT2D eigenvalue weighted by atomic mass is 9.95. The minimum Gasteiger partial charge on any atom is -0.496 e. The Morgan fingerprint density at radius 2 is 1.81 bits per heavy atom. The number of rotatable bonds is 9. The summed E-state index contributed by atoms with van der Waals surface area (Å²) in [6, 6.07) is 13.2. The molecule has 4 rings (SSSR count). The number of carbonyl (C=O) groups excluding carboxylic acids is 2. The molecule has 0 unspecified atom stereocenters. The number of nitrogens with zero attached hydrogens (tertiary/aromatic N) is 2. The molecule has 2 aliphatic rings. The van der Waals surface area contributed by atoms with Gasteiger partial charge in [-0.3, -0.25) is 9.59 Å². The Balaban J connectivity index is 1.46. The van der Waals surface area contributed by atoms with E-state index in [9.17, 15) is 9.59 Å². The van der Waals surface area contributed by atoms with Crippen LogP contribution in [0.25, 0.3) is 0 Å². The number of morpholine rings is 1. The second-order valence-corrected chi connectivity index (χ2v) is 10.4. The van der Waals surface area contributed by atoms with Crippen molar-refractivity contribution in [3.05, 3.63) is 58.6 Å². The van der Waals surface area contributed by atoms with E-state index in [2.05, 4.69) is 0 Å². The van der Waals surface area contributed by atoms with Crippen LogP contribution >= 0.6 is 11.6 Å². The molecule has 2 fully saturated rings. The van der Waals surface area contributed by atoms with Gasteiger partial charge in [-0.1, -0.05) is 29.8 Å². The first kappa shape index (κ1) is 27.3. The summed E-state index contributed by atoms with van der Waals surface area (Å²) in [4.78, 5) is 30.3. The van der Waals surface area contributed by atoms with Crippen molar-refractivity contribution >= 4 is 23.4 Å². The van der Waals surface area contributed by atoms with Gasteiger partial charge < -0.3 is 24.0 Å². The van der Waals surface area contributed by atoms with Crippen LogP contribution in [0, 0.1) is 6.92 Å². The molecular formula is C29H37ClN2O5. The van der Waals surface area contributed by atoms with E-state index in [4.69, 9.17) is 25.8 Å². The van der Waals surface area contributed by atoms with Gasteiger partial charge in [-0.05, 0) is 68.0 Å². The molecule has 0 N–H and O–H groups in total. The number of likely N-dealkylation sites (tertiary alicyclic amines) is 1. The highest BCUT2D eigenvalue weighted by Gasteiger charge is 2.42. The molecule has 2 aromatic carbocycles. The van der Waals surface area contributed by atoms with Crippen molar-refractivity contribution in [1.29, 1.82) is 0 Å². The fourth-order valence-electron chi connectivity index (χ4n) is 5.06. The molecule has 0 radical (unpaired) electrons. The molecule has 2 aliphatic heterocycles. The van der Waals surface area contributed by atoms with Gasteiger partial charge >= 0.3 is 0 Å². The highest BCUT2D eigenvalue weighted by Crippen LogP contribution is 2.28. The second-order valence-electron chi connectivity index (χ2n) is 9.98. The Morgan fingerprint density at radius 1 is 1.03 bits per heavy atom. The fourth-order valence-corrected chi connectivity index (χ4v) is 5.18. The van der Waals surface area contributed by atoms with Gasteiger partial charge in [-0.15, -0.1) is 0 Å². The molecule has 0 bridgehead atoms. The summed E-state index contributed by atoms with van der Waals surface area (Å²) < 4.78 is 17.9. The number of halogens is 1. The highest BCUT2D eigenvalue weighted by atomic mass is 35.5. The van der Waals surface area contributed by atoms with Crippen molar-refractivity contribution in [3.8, 4) is 11.5 Å². The molecule has 0 aliphatic carbocycles. The molecule has 8 heteroatoms. The van der Waals surface area contributed by atoms with Crippen molar-refractivity contribution in [2.45, 2.75) is 51.0 Å². The summed E-state index contributed by atoms with van der Waals surface area (Å²) in [6.45, 7) is 4.79. The summed E-state index contributed by atoms with van der Waals surface area (Å²) in [5, 5.41) is 0.670. The molecular weight excluding hydrogens is 492 g/mol. The lowest BCUT2D eigenvalue weighted by Gasteiger charge is -2.43. The van der Waals surface area contributed by atoms with Gasteiger partial charge in [0.1, 0.15) is 23.7 Å². The molecule has 2 heterocycles. The van der Waals surface area contributed by atoms with Crippen LogP contribution < -0.4 is 9.47 Å². The van der Waals surface area contributed by atoms with Crippen molar-refractivity contribution in [1.82, 2.24) is 9.80 Å². The third-order valence-electron chi connectivity index (χ3n) is 7.22. The van der Waals surface area contributed by atoms with Crippen molar-refractivity contribution < 1.29 is 23.8 Å². The molecule has 2 saturated heterocycles. The topological polar surface area (TPSA) is 68.3 Å². The van der Waals surface area contributed by atoms with Gasteiger partial charge in [0.25, 0.3) is 0 Å². The molecule has 0 aromatic heterocycles. The molecule has 0 spiro atoms. The lowest BCUT2D eigenvalue weighted by Crippen LogP contribution is -2.58. The SMILES string of the molecule is COc1ccccc1CCC(=O)N1CCO[C@@](COc2ccc(Cl)c(C)c2)(CC(=O)N2CCCCC2)C1. The average Bonchev–Trinajstić information content (AvgIpc) is 2.93. The Labute approximate surface area is 224 Å². The molecule has 2 aromatic rings. The quantitative estimate of drug-likeness (QED) is 0.473. The smallest absolute Gasteiger partial charge is 0.225 e. The Kier molecular flexibility index (Phi) is 9.33. The maximum atomic E-state index is 13.3. The third-order valence-corrected chi connectivity index (χ3v) is 7.64. The van der Waals surface area contributed by atoms with E-state index in [1.54, 1.807) is 13.2 Å². The Morgan fingerprint density at radius 3 is 2.57 bits per heavy atom. The Bertz CT molecular complexity index is 1090. The van der Waals surface area contributed by atoms with Gasteiger partial charge in [0.05, 0.1) is 26.7 Å². The molecule has 37 heavy (non-hydrogen) atoms. The lowest BCUT2D eigenvalue weighted by molar-refractivity contribution is -0.166. The zero-order valence-electron chi connectivity index (χ0n) is 21.8. The number of aryl methyl sites for hydroxylation is 2. The maximum absolute atomic E-state index is 13.3. The summed E-state index contributed by atoms with van der Waals surface area (Å²) in [7, 11) is 1.64. The van der Waals surface area contributed by atoms with Crippen LogP contribution in [0.5, 0.6) is 11.5 Å². The first-order valence-electron chi connectivity index (χ1n) is 13.1. The zero-order valence-corrected chi connectivity index (χ0v) is 22.6. The van der Waals surface area contributed by atoms with Gasteiger partial charge in [-0.25, -0.2) is 0 Å². The number of benzene rings is 2. The minimum atomic E-state index is -0.916. The first-order valence-corrected chi connectivity index (χ1v) is 13.5. The van der Waals surface area contributed by atoms with Crippen LogP contribution in [0.1, 0.15) is 43.2 Å². The summed E-state index contributed by atoms with van der Waals surface area (Å²) in [6.07, 6.45) is 4.31. The highest BCUT2D eigenvalue weighted by molar-refractivity contribution is 6.31. The van der Waals surface area contributed by atoms with Gasteiger partial charge in [0.2, 0.25) is 11.8 Å². The standard InChI is InChI=1S/C29H37ClN2O5/c1-22-18-24(11-12-25(22)30)36-21-29(19-28(34)31-14-6-3-7-15-31)20-32(16-17-37-29)27(33)13-10-23-8-4-5-9-26(23)35-2/h4-5,8-9,11-12,18H,3,6-7,10,13-17,19-21H2,1-2H3/t29-/m0/s1. The largest absolute Gasteiger partial charge is 0.496 e. The first-order chi connectivity index (χ1) is 17.9. The summed E-state index contributed by atoms with van der Waals surface area (Å²) >= 11 is 6.18. The predicted octanol–water partition coefficient (Wildman–Crippen LogP) is 4.67. The van der Waals surface area contributed by atoms with E-state index in [1.165, 1.54) is 0 Å². The number of piperidine rings is 1. The zero-order chi connectivity index (χ0) is 26.3. The van der Waals surface area contributed by atoms with Crippen LogP contribution in [0.3, 0.4) is 0 Å². The van der Waals surface area contributed by atoms with Crippen LogP contribution in [0.4, 0.5) is 0 Å². The summed E-state index contributed by atoms with van der Waals surface area (Å²) in [5.74, 6) is 1.53. The number of ether oxygens (including phenoxy) is 3. The van der Waals surface area contributed by atoms with Crippen LogP contribution in [-0.4, -0.2) is 73.7 Å².